The molecule has 6 rings (SSSR count). The van der Waals surface area contributed by atoms with Crippen molar-refractivity contribution < 1.29 is 34.3 Å². The van der Waals surface area contributed by atoms with Gasteiger partial charge in [0.15, 0.2) is 0 Å². The third-order valence-electron chi connectivity index (χ3n) is 11.6. The Bertz CT molecular complexity index is 814. The first-order valence-corrected chi connectivity index (χ1v) is 12.7. The molecule has 6 fully saturated rings. The van der Waals surface area contributed by atoms with Gasteiger partial charge in [-0.2, -0.15) is 0 Å². The number of likely N-dealkylation sites (N-methyl/N-ethyl adjacent to an activating group) is 1. The second kappa shape index (κ2) is 7.13. The molecule has 7 bridgehead atoms. The summed E-state index contributed by atoms with van der Waals surface area (Å²) in [6.45, 7) is 3.59. The number of aliphatic hydroxyl groups excluding tert-OH is 1. The maximum absolute atomic E-state index is 13.0. The zero-order chi connectivity index (χ0) is 23.6. The van der Waals surface area contributed by atoms with Crippen LogP contribution in [0.25, 0.3) is 0 Å². The Morgan fingerprint density at radius 3 is 2.36 bits per heavy atom. The van der Waals surface area contributed by atoms with Crippen LogP contribution in [0.15, 0.2) is 0 Å². The Morgan fingerprint density at radius 2 is 1.79 bits per heavy atom. The summed E-state index contributed by atoms with van der Waals surface area (Å²) in [7, 11) is 6.85. The highest BCUT2D eigenvalue weighted by Crippen LogP contribution is 2.80. The Balaban J connectivity index is 1.68. The lowest BCUT2D eigenvalue weighted by Crippen LogP contribution is -2.82. The fourth-order valence-corrected chi connectivity index (χ4v) is 11.0. The molecule has 5 aliphatic carbocycles. The smallest absolute Gasteiger partial charge is 0.136 e. The van der Waals surface area contributed by atoms with Crippen molar-refractivity contribution in [1.82, 2.24) is 4.90 Å². The molecule has 8 heteroatoms. The minimum absolute atomic E-state index is 0.0443. The van der Waals surface area contributed by atoms with Gasteiger partial charge in [-0.25, -0.2) is 0 Å². The Labute approximate surface area is 196 Å². The van der Waals surface area contributed by atoms with Crippen LogP contribution >= 0.6 is 0 Å². The second-order valence-electron chi connectivity index (χ2n) is 11.8. The molecule has 3 N–H and O–H groups in total. The molecule has 0 radical (unpaired) electrons. The van der Waals surface area contributed by atoms with Crippen molar-refractivity contribution in [3.63, 3.8) is 0 Å². The summed E-state index contributed by atoms with van der Waals surface area (Å²) < 4.78 is 24.5. The fraction of sp³-hybridized carbons (Fsp3) is 1.00. The van der Waals surface area contributed by atoms with Crippen molar-refractivity contribution in [3.8, 4) is 0 Å². The molecule has 0 aromatic heterocycles. The summed E-state index contributed by atoms with van der Waals surface area (Å²) in [5.74, 6) is -0.0916. The van der Waals surface area contributed by atoms with Gasteiger partial charge < -0.3 is 34.3 Å². The third kappa shape index (κ3) is 2.16. The highest BCUT2D eigenvalue weighted by molar-refractivity contribution is 5.41. The van der Waals surface area contributed by atoms with E-state index in [1.54, 1.807) is 28.4 Å². The number of nitrogens with zero attached hydrogens (tertiary/aromatic N) is 1. The molecule has 1 unspecified atom stereocenters. The maximum atomic E-state index is 13.0. The molecule has 8 nitrogen and oxygen atoms in total. The molecule has 0 aromatic carbocycles. The lowest BCUT2D eigenvalue weighted by Gasteiger charge is -2.70. The summed E-state index contributed by atoms with van der Waals surface area (Å²) in [6, 6.07) is -0.312. The molecule has 33 heavy (non-hydrogen) atoms. The van der Waals surface area contributed by atoms with Gasteiger partial charge in [-0.1, -0.05) is 6.92 Å². The predicted octanol–water partition coefficient (Wildman–Crippen LogP) is 0.271. The largest absolute Gasteiger partial charge is 0.396 e. The summed E-state index contributed by atoms with van der Waals surface area (Å²) >= 11 is 0. The first-order valence-electron chi connectivity index (χ1n) is 12.7. The van der Waals surface area contributed by atoms with Crippen LogP contribution in [-0.2, 0) is 18.9 Å². The number of methoxy groups -OCH3 is 4. The van der Waals surface area contributed by atoms with E-state index in [-0.39, 0.29) is 54.6 Å². The van der Waals surface area contributed by atoms with Crippen LogP contribution < -0.4 is 0 Å². The van der Waals surface area contributed by atoms with Crippen LogP contribution in [0.1, 0.15) is 32.6 Å². The summed E-state index contributed by atoms with van der Waals surface area (Å²) in [6.07, 6.45) is 1.81. The zero-order valence-corrected chi connectivity index (χ0v) is 20.6. The van der Waals surface area contributed by atoms with Crippen LogP contribution in [-0.4, -0.2) is 110 Å². The van der Waals surface area contributed by atoms with Gasteiger partial charge in [-0.05, 0) is 31.7 Å². The highest BCUT2D eigenvalue weighted by atomic mass is 16.5. The monoisotopic (exact) mass is 467 g/mol. The normalized spacial score (nSPS) is 60.9. The highest BCUT2D eigenvalue weighted by Gasteiger charge is 2.91. The van der Waals surface area contributed by atoms with Crippen LogP contribution in [0.3, 0.4) is 0 Å². The van der Waals surface area contributed by atoms with Crippen molar-refractivity contribution in [1.29, 1.82) is 0 Å². The standard InChI is InChI=1S/C25H41NO7/c1-6-26-11-22(12-27)8-7-16(31-3)24-14-9-13-15(30-2)10-23(28,17(14)18(13)32-4)25(29,21(24)26)20(33-5)19(22)24/h13-21,27-29H,6-12H2,1-5H3/t13-,14-,15+,16-,17+,18+,19-,20+,21+,22+,23-,24?,25+/m1/s1. The summed E-state index contributed by atoms with van der Waals surface area (Å²) in [5, 5.41) is 36.6. The van der Waals surface area contributed by atoms with E-state index in [9.17, 15) is 15.3 Å². The number of fused-ring (bicyclic) bond motifs is 2. The van der Waals surface area contributed by atoms with E-state index >= 15 is 0 Å². The van der Waals surface area contributed by atoms with Gasteiger partial charge in [0.25, 0.3) is 0 Å². The molecule has 0 amide bonds. The lowest BCUT2D eigenvalue weighted by atomic mass is 9.42. The van der Waals surface area contributed by atoms with E-state index in [0.29, 0.717) is 13.0 Å². The number of aliphatic hydroxyl groups is 3. The molecule has 5 saturated carbocycles. The second-order valence-corrected chi connectivity index (χ2v) is 11.8. The topological polar surface area (TPSA) is 101 Å². The number of ether oxygens (including phenoxy) is 4. The molecule has 6 aliphatic rings. The van der Waals surface area contributed by atoms with Gasteiger partial charge in [-0.15, -0.1) is 0 Å². The average Bonchev–Trinajstić information content (AvgIpc) is 3.24. The Hall–Kier alpha value is -0.320. The molecule has 1 heterocycles. The SMILES string of the molecule is CCN1C[C@]2(CO)CC[C@@H](OC)C34[C@@H]5C[C@H]6[C@H](OC)[C@H]5[C@](O)(C[C@@H]6OC)[C@](O)([C@@H](OC)[C@@H]32)[C@@H]14. The summed E-state index contributed by atoms with van der Waals surface area (Å²) in [4.78, 5) is 2.33. The minimum Gasteiger partial charge on any atom is -0.396 e. The van der Waals surface area contributed by atoms with Crippen LogP contribution in [0, 0.1) is 34.5 Å². The van der Waals surface area contributed by atoms with Gasteiger partial charge in [-0.3, -0.25) is 4.90 Å². The Kier molecular flexibility index (Phi) is 4.99. The number of hydrogen-bond acceptors (Lipinski definition) is 8. The first kappa shape index (κ1) is 23.1. The number of piperidine rings is 1. The zero-order valence-electron chi connectivity index (χ0n) is 20.6. The maximum Gasteiger partial charge on any atom is 0.136 e. The van der Waals surface area contributed by atoms with E-state index < -0.39 is 28.1 Å². The molecule has 1 saturated heterocycles. The van der Waals surface area contributed by atoms with Crippen molar-refractivity contribution >= 4 is 0 Å². The van der Waals surface area contributed by atoms with E-state index in [1.807, 2.05) is 0 Å². The van der Waals surface area contributed by atoms with Gasteiger partial charge in [0.2, 0.25) is 0 Å². The van der Waals surface area contributed by atoms with E-state index in [1.165, 1.54) is 0 Å². The lowest BCUT2D eigenvalue weighted by molar-refractivity contribution is -0.320. The van der Waals surface area contributed by atoms with Gasteiger partial charge in [0.05, 0.1) is 37.1 Å². The number of rotatable bonds is 6. The molecular formula is C25H41NO7. The molecule has 188 valence electrons. The predicted molar refractivity (Wildman–Crippen MR) is 119 cm³/mol. The fourth-order valence-electron chi connectivity index (χ4n) is 11.0. The quantitative estimate of drug-likeness (QED) is 0.512. The van der Waals surface area contributed by atoms with Crippen LogP contribution in [0.2, 0.25) is 0 Å². The molecule has 0 aromatic rings. The van der Waals surface area contributed by atoms with Gasteiger partial charge in [0, 0.05) is 70.0 Å². The third-order valence-corrected chi connectivity index (χ3v) is 11.6. The van der Waals surface area contributed by atoms with Crippen molar-refractivity contribution in [2.24, 2.45) is 34.5 Å². The van der Waals surface area contributed by atoms with Gasteiger partial charge >= 0.3 is 0 Å². The van der Waals surface area contributed by atoms with Crippen molar-refractivity contribution in [3.05, 3.63) is 0 Å². The number of likely N-dealkylation sites (tertiary alicyclic amines) is 1. The first-order chi connectivity index (χ1) is 15.8. The van der Waals surface area contributed by atoms with E-state index in [4.69, 9.17) is 18.9 Å². The average molecular weight is 468 g/mol. The van der Waals surface area contributed by atoms with Gasteiger partial charge in [0.1, 0.15) is 11.2 Å². The molecular weight excluding hydrogens is 426 g/mol. The summed E-state index contributed by atoms with van der Waals surface area (Å²) in [5.41, 5.74) is -3.78. The molecule has 13 atom stereocenters. The van der Waals surface area contributed by atoms with Crippen molar-refractivity contribution in [2.75, 3.05) is 48.1 Å². The van der Waals surface area contributed by atoms with E-state index in [0.717, 1.165) is 25.8 Å². The molecule has 1 aliphatic heterocycles. The minimum atomic E-state index is -1.52. The van der Waals surface area contributed by atoms with Crippen LogP contribution in [0.4, 0.5) is 0 Å². The van der Waals surface area contributed by atoms with E-state index in [2.05, 4.69) is 11.8 Å². The molecule has 1 spiro atoms. The Morgan fingerprint density at radius 1 is 1.03 bits per heavy atom. The van der Waals surface area contributed by atoms with Crippen LogP contribution in [0.5, 0.6) is 0 Å². The van der Waals surface area contributed by atoms with Crippen molar-refractivity contribution in [2.45, 2.75) is 74.3 Å². The number of hydrogen-bond donors (Lipinski definition) is 3.